The highest BCUT2D eigenvalue weighted by atomic mass is 32.1. The first-order valence-corrected chi connectivity index (χ1v) is 9.38. The van der Waals surface area contributed by atoms with Gasteiger partial charge in [-0.2, -0.15) is 13.2 Å². The van der Waals surface area contributed by atoms with E-state index in [4.69, 9.17) is 4.74 Å². The van der Waals surface area contributed by atoms with Gasteiger partial charge in [-0.3, -0.25) is 4.79 Å². The molecule has 0 fully saturated rings. The molecule has 2 aromatic carbocycles. The van der Waals surface area contributed by atoms with Gasteiger partial charge in [-0.15, -0.1) is 11.3 Å². The highest BCUT2D eigenvalue weighted by Crippen LogP contribution is 2.30. The number of nitrogens with zero attached hydrogens (tertiary/aromatic N) is 1. The SMILES string of the molecule is CCOc1cccc(-c2nc(C(=O)NCc3cccc(C(F)(F)F)c3)cs2)c1. The van der Waals surface area contributed by atoms with Crippen LogP contribution in [0.3, 0.4) is 0 Å². The fourth-order valence-corrected chi connectivity index (χ4v) is 3.32. The molecule has 3 rings (SSSR count). The van der Waals surface area contributed by atoms with E-state index in [-0.39, 0.29) is 12.2 Å². The van der Waals surface area contributed by atoms with Crippen molar-refractivity contribution in [1.29, 1.82) is 0 Å². The number of alkyl halides is 3. The molecule has 0 unspecified atom stereocenters. The zero-order valence-corrected chi connectivity index (χ0v) is 15.7. The van der Waals surface area contributed by atoms with Crippen molar-refractivity contribution in [3.05, 3.63) is 70.7 Å². The van der Waals surface area contributed by atoms with Crippen LogP contribution < -0.4 is 10.1 Å². The second-order valence-corrected chi connectivity index (χ2v) is 6.74. The maximum Gasteiger partial charge on any atom is 0.416 e. The number of hydrogen-bond acceptors (Lipinski definition) is 4. The van der Waals surface area contributed by atoms with Crippen molar-refractivity contribution >= 4 is 17.2 Å². The topological polar surface area (TPSA) is 51.2 Å². The lowest BCUT2D eigenvalue weighted by Gasteiger charge is -2.09. The third kappa shape index (κ3) is 4.89. The molecule has 0 bridgehead atoms. The van der Waals surface area contributed by atoms with Gasteiger partial charge in [-0.1, -0.05) is 24.3 Å². The number of thiazole rings is 1. The van der Waals surface area contributed by atoms with Crippen LogP contribution >= 0.6 is 11.3 Å². The zero-order chi connectivity index (χ0) is 20.1. The molecule has 1 heterocycles. The highest BCUT2D eigenvalue weighted by molar-refractivity contribution is 7.13. The maximum atomic E-state index is 12.8. The summed E-state index contributed by atoms with van der Waals surface area (Å²) in [5.41, 5.74) is 0.661. The van der Waals surface area contributed by atoms with E-state index < -0.39 is 17.6 Å². The van der Waals surface area contributed by atoms with Gasteiger partial charge in [0.2, 0.25) is 0 Å². The van der Waals surface area contributed by atoms with Gasteiger partial charge in [0.25, 0.3) is 5.91 Å². The van der Waals surface area contributed by atoms with Gasteiger partial charge in [0.15, 0.2) is 0 Å². The maximum absolute atomic E-state index is 12.8. The third-order valence-electron chi connectivity index (χ3n) is 3.84. The Hall–Kier alpha value is -2.87. The average molecular weight is 406 g/mol. The first-order valence-electron chi connectivity index (χ1n) is 8.50. The number of hydrogen-bond donors (Lipinski definition) is 1. The Bertz CT molecular complexity index is 970. The van der Waals surface area contributed by atoms with Crippen molar-refractivity contribution in [2.45, 2.75) is 19.6 Å². The van der Waals surface area contributed by atoms with Gasteiger partial charge in [-0.05, 0) is 36.8 Å². The fraction of sp³-hybridized carbons (Fsp3) is 0.200. The van der Waals surface area contributed by atoms with Crippen LogP contribution in [0.1, 0.15) is 28.5 Å². The predicted octanol–water partition coefficient (Wildman–Crippen LogP) is 5.16. The molecule has 1 N–H and O–H groups in total. The molecule has 0 aliphatic rings. The van der Waals surface area contributed by atoms with E-state index in [1.54, 1.807) is 5.38 Å². The van der Waals surface area contributed by atoms with E-state index in [2.05, 4.69) is 10.3 Å². The molecule has 0 aliphatic carbocycles. The molecule has 0 radical (unpaired) electrons. The van der Waals surface area contributed by atoms with Gasteiger partial charge in [-0.25, -0.2) is 4.98 Å². The summed E-state index contributed by atoms with van der Waals surface area (Å²) in [6.07, 6.45) is -4.42. The van der Waals surface area contributed by atoms with E-state index in [0.29, 0.717) is 22.9 Å². The molecule has 0 saturated carbocycles. The van der Waals surface area contributed by atoms with Crippen molar-refractivity contribution in [1.82, 2.24) is 10.3 Å². The van der Waals surface area contributed by atoms with Crippen molar-refractivity contribution in [2.75, 3.05) is 6.61 Å². The first-order chi connectivity index (χ1) is 13.4. The molecule has 28 heavy (non-hydrogen) atoms. The smallest absolute Gasteiger partial charge is 0.416 e. The van der Waals surface area contributed by atoms with Gasteiger partial charge >= 0.3 is 6.18 Å². The third-order valence-corrected chi connectivity index (χ3v) is 4.73. The van der Waals surface area contributed by atoms with E-state index in [1.165, 1.54) is 23.5 Å². The number of ether oxygens (including phenoxy) is 1. The quantitative estimate of drug-likeness (QED) is 0.615. The molecule has 1 aromatic heterocycles. The monoisotopic (exact) mass is 406 g/mol. The Balaban J connectivity index is 1.67. The molecule has 8 heteroatoms. The molecule has 146 valence electrons. The largest absolute Gasteiger partial charge is 0.494 e. The van der Waals surface area contributed by atoms with E-state index >= 15 is 0 Å². The summed E-state index contributed by atoms with van der Waals surface area (Å²) in [5.74, 6) is 0.270. The standard InChI is InChI=1S/C20H17F3N2O2S/c1-2-27-16-8-4-6-14(10-16)19-25-17(12-28-19)18(26)24-11-13-5-3-7-15(9-13)20(21,22)23/h3-10,12H,2,11H2,1H3,(H,24,26). The number of rotatable bonds is 6. The molecule has 3 aromatic rings. The predicted molar refractivity (Wildman–Crippen MR) is 101 cm³/mol. The molecular weight excluding hydrogens is 389 g/mol. The number of benzene rings is 2. The minimum Gasteiger partial charge on any atom is -0.494 e. The number of carbonyl (C=O) groups is 1. The molecule has 0 atom stereocenters. The van der Waals surface area contributed by atoms with E-state index in [0.717, 1.165) is 17.7 Å². The summed E-state index contributed by atoms with van der Waals surface area (Å²) < 4.78 is 43.8. The summed E-state index contributed by atoms with van der Waals surface area (Å²) in [7, 11) is 0. The summed E-state index contributed by atoms with van der Waals surface area (Å²) in [5, 5.41) is 4.88. The Morgan fingerprint density at radius 3 is 2.71 bits per heavy atom. The van der Waals surface area contributed by atoms with Gasteiger partial charge in [0.05, 0.1) is 12.2 Å². The minimum absolute atomic E-state index is 0.0184. The first kappa shape index (κ1) is 19.9. The fourth-order valence-electron chi connectivity index (χ4n) is 2.53. The van der Waals surface area contributed by atoms with Crippen LogP contribution in [0.4, 0.5) is 13.2 Å². The number of amides is 1. The van der Waals surface area contributed by atoms with Gasteiger partial charge < -0.3 is 10.1 Å². The van der Waals surface area contributed by atoms with Crippen LogP contribution in [0.25, 0.3) is 10.6 Å². The van der Waals surface area contributed by atoms with Crippen LogP contribution in [0.2, 0.25) is 0 Å². The normalized spacial score (nSPS) is 11.3. The highest BCUT2D eigenvalue weighted by Gasteiger charge is 2.30. The molecular formula is C20H17F3N2O2S. The summed E-state index contributed by atoms with van der Waals surface area (Å²) >= 11 is 1.31. The van der Waals surface area contributed by atoms with Crippen molar-refractivity contribution in [3.8, 4) is 16.3 Å². The molecule has 0 saturated heterocycles. The second kappa shape index (κ2) is 8.43. The lowest BCUT2D eigenvalue weighted by molar-refractivity contribution is -0.137. The lowest BCUT2D eigenvalue weighted by atomic mass is 10.1. The van der Waals surface area contributed by atoms with E-state index in [9.17, 15) is 18.0 Å². The molecule has 0 aliphatic heterocycles. The van der Waals surface area contributed by atoms with Gasteiger partial charge in [0.1, 0.15) is 16.5 Å². The Morgan fingerprint density at radius 2 is 1.96 bits per heavy atom. The number of aromatic nitrogens is 1. The summed E-state index contributed by atoms with van der Waals surface area (Å²) in [4.78, 5) is 16.6. The minimum atomic E-state index is -4.42. The van der Waals surface area contributed by atoms with Crippen LogP contribution in [-0.2, 0) is 12.7 Å². The number of halogens is 3. The lowest BCUT2D eigenvalue weighted by Crippen LogP contribution is -2.23. The number of carbonyl (C=O) groups excluding carboxylic acids is 1. The number of nitrogens with one attached hydrogen (secondary N) is 1. The van der Waals surface area contributed by atoms with Gasteiger partial charge in [0, 0.05) is 17.5 Å². The molecule has 1 amide bonds. The molecule has 0 spiro atoms. The van der Waals surface area contributed by atoms with Crippen LogP contribution in [-0.4, -0.2) is 17.5 Å². The molecule has 4 nitrogen and oxygen atoms in total. The van der Waals surface area contributed by atoms with Crippen molar-refractivity contribution < 1.29 is 22.7 Å². The van der Waals surface area contributed by atoms with Crippen molar-refractivity contribution in [2.24, 2.45) is 0 Å². The average Bonchev–Trinajstić information content (AvgIpc) is 3.17. The Labute approximate surface area is 164 Å². The van der Waals surface area contributed by atoms with E-state index in [1.807, 2.05) is 31.2 Å². The Morgan fingerprint density at radius 1 is 1.18 bits per heavy atom. The second-order valence-electron chi connectivity index (χ2n) is 5.88. The van der Waals surface area contributed by atoms with Crippen LogP contribution in [0, 0.1) is 0 Å². The van der Waals surface area contributed by atoms with Crippen molar-refractivity contribution in [3.63, 3.8) is 0 Å². The Kier molecular flexibility index (Phi) is 5.99. The summed E-state index contributed by atoms with van der Waals surface area (Å²) in [6.45, 7) is 2.42. The van der Waals surface area contributed by atoms with Crippen LogP contribution in [0.15, 0.2) is 53.9 Å². The zero-order valence-electron chi connectivity index (χ0n) is 14.9. The summed E-state index contributed by atoms with van der Waals surface area (Å²) in [6, 6.07) is 12.2. The van der Waals surface area contributed by atoms with Crippen LogP contribution in [0.5, 0.6) is 5.75 Å².